The summed E-state index contributed by atoms with van der Waals surface area (Å²) < 4.78 is 6.06. The maximum atomic E-state index is 12.8. The largest absolute Gasteiger partial charge is 0.393 e. The third-order valence-corrected chi connectivity index (χ3v) is 5.60. The summed E-state index contributed by atoms with van der Waals surface area (Å²) in [5, 5.41) is 17.5. The van der Waals surface area contributed by atoms with Crippen LogP contribution in [-0.4, -0.2) is 51.8 Å². The van der Waals surface area contributed by atoms with Gasteiger partial charge in [0.25, 0.3) is 5.91 Å². The normalized spacial score (nSPS) is 19.8. The van der Waals surface area contributed by atoms with Crippen molar-refractivity contribution < 1.29 is 14.6 Å². The Morgan fingerprint density at radius 3 is 2.96 bits per heavy atom. The number of rotatable bonds is 7. The van der Waals surface area contributed by atoms with Gasteiger partial charge in [-0.05, 0) is 35.9 Å². The Balaban J connectivity index is 1.61. The number of aliphatic hydroxyl groups excluding tert-OH is 1. The Labute approximate surface area is 166 Å². The van der Waals surface area contributed by atoms with Gasteiger partial charge in [0, 0.05) is 25.5 Å². The number of thiophene rings is 1. The number of ether oxygens (including phenoxy) is 1. The molecule has 3 aromatic rings. The van der Waals surface area contributed by atoms with Crippen LogP contribution in [0.3, 0.4) is 0 Å². The van der Waals surface area contributed by atoms with E-state index in [1.807, 2.05) is 23.6 Å². The molecule has 146 valence electrons. The van der Waals surface area contributed by atoms with E-state index in [-0.39, 0.29) is 24.1 Å². The van der Waals surface area contributed by atoms with Crippen LogP contribution in [0.2, 0.25) is 0 Å². The van der Waals surface area contributed by atoms with Gasteiger partial charge < -0.3 is 20.5 Å². The van der Waals surface area contributed by atoms with Gasteiger partial charge in [-0.1, -0.05) is 6.07 Å². The van der Waals surface area contributed by atoms with Gasteiger partial charge in [0.05, 0.1) is 29.0 Å². The van der Waals surface area contributed by atoms with Gasteiger partial charge in [-0.3, -0.25) is 9.78 Å². The number of nitrogens with one attached hydrogen (secondary N) is 2. The van der Waals surface area contributed by atoms with Gasteiger partial charge in [0.15, 0.2) is 5.69 Å². The molecule has 1 atom stereocenters. The maximum absolute atomic E-state index is 12.8. The number of aliphatic hydroxyl groups is 1. The fourth-order valence-electron chi connectivity index (χ4n) is 3.17. The van der Waals surface area contributed by atoms with E-state index >= 15 is 0 Å². The fourth-order valence-corrected chi connectivity index (χ4v) is 3.98. The Kier molecular flexibility index (Phi) is 5.47. The second kappa shape index (κ2) is 8.17. The summed E-state index contributed by atoms with van der Waals surface area (Å²) in [6, 6.07) is 5.45. The number of hydrogen-bond acceptors (Lipinski definition) is 8. The van der Waals surface area contributed by atoms with Gasteiger partial charge in [0.2, 0.25) is 5.95 Å². The summed E-state index contributed by atoms with van der Waals surface area (Å²) in [6.45, 7) is 0.401. The number of carbonyl (C=O) groups excluding carboxylic acids is 1. The van der Waals surface area contributed by atoms with Crippen molar-refractivity contribution in [1.29, 1.82) is 0 Å². The monoisotopic (exact) mass is 399 g/mol. The number of pyridine rings is 1. The van der Waals surface area contributed by atoms with Crippen LogP contribution in [0.15, 0.2) is 36.0 Å². The van der Waals surface area contributed by atoms with E-state index in [2.05, 4.69) is 25.6 Å². The molecule has 1 saturated carbocycles. The molecule has 1 fully saturated rings. The fraction of sp³-hybridized carbons (Fsp3) is 0.368. The number of aromatic nitrogens is 3. The van der Waals surface area contributed by atoms with Crippen LogP contribution >= 0.6 is 11.3 Å². The van der Waals surface area contributed by atoms with Crippen LogP contribution in [-0.2, 0) is 4.74 Å². The van der Waals surface area contributed by atoms with Gasteiger partial charge in [0.1, 0.15) is 0 Å². The first-order chi connectivity index (χ1) is 13.6. The van der Waals surface area contributed by atoms with E-state index < -0.39 is 0 Å². The first kappa shape index (κ1) is 18.7. The van der Waals surface area contributed by atoms with Crippen molar-refractivity contribution >= 4 is 33.4 Å². The summed E-state index contributed by atoms with van der Waals surface area (Å²) in [5.74, 6) is 0.107. The smallest absolute Gasteiger partial charge is 0.271 e. The summed E-state index contributed by atoms with van der Waals surface area (Å²) >= 11 is 1.43. The molecule has 1 amide bonds. The molecule has 0 aliphatic heterocycles. The Bertz CT molecular complexity index is 959. The minimum Gasteiger partial charge on any atom is -0.393 e. The van der Waals surface area contributed by atoms with Gasteiger partial charge in [-0.25, -0.2) is 9.97 Å². The molecule has 4 rings (SSSR count). The van der Waals surface area contributed by atoms with E-state index in [9.17, 15) is 9.90 Å². The second-order valence-electron chi connectivity index (χ2n) is 6.77. The quantitative estimate of drug-likeness (QED) is 0.558. The van der Waals surface area contributed by atoms with Crippen LogP contribution < -0.4 is 10.6 Å². The molecule has 0 bridgehead atoms. The molecule has 1 aliphatic rings. The molecule has 0 saturated heterocycles. The number of anilines is 1. The molecular formula is C19H21N5O3S. The van der Waals surface area contributed by atoms with Crippen molar-refractivity contribution in [3.8, 4) is 0 Å². The molecule has 1 aliphatic carbocycles. The molecule has 9 heteroatoms. The Hall–Kier alpha value is -2.62. The number of fused-ring (bicyclic) bond motifs is 1. The topological polar surface area (TPSA) is 109 Å². The molecular weight excluding hydrogens is 378 g/mol. The molecule has 0 radical (unpaired) electrons. The molecule has 8 nitrogen and oxygen atoms in total. The molecule has 3 heterocycles. The molecule has 0 spiro atoms. The molecule has 1 unspecified atom stereocenters. The minimum atomic E-state index is -0.330. The molecule has 3 N–H and O–H groups in total. The van der Waals surface area contributed by atoms with E-state index in [4.69, 9.17) is 4.74 Å². The van der Waals surface area contributed by atoms with Crippen molar-refractivity contribution in [1.82, 2.24) is 20.3 Å². The van der Waals surface area contributed by atoms with Crippen LogP contribution in [0.1, 0.15) is 34.9 Å². The highest BCUT2D eigenvalue weighted by Gasteiger charge is 2.30. The average Bonchev–Trinajstić information content (AvgIpc) is 3.15. The summed E-state index contributed by atoms with van der Waals surface area (Å²) in [4.78, 5) is 25.9. The zero-order valence-electron chi connectivity index (χ0n) is 15.3. The van der Waals surface area contributed by atoms with Crippen LogP contribution in [0.4, 0.5) is 5.95 Å². The summed E-state index contributed by atoms with van der Waals surface area (Å²) in [7, 11) is 1.62. The Morgan fingerprint density at radius 1 is 1.39 bits per heavy atom. The van der Waals surface area contributed by atoms with Crippen molar-refractivity contribution in [2.75, 3.05) is 19.0 Å². The zero-order chi connectivity index (χ0) is 19.5. The Morgan fingerprint density at radius 2 is 2.25 bits per heavy atom. The lowest BCUT2D eigenvalue weighted by Gasteiger charge is -2.31. The van der Waals surface area contributed by atoms with Crippen LogP contribution in [0.5, 0.6) is 0 Å². The van der Waals surface area contributed by atoms with E-state index in [0.29, 0.717) is 36.6 Å². The first-order valence-corrected chi connectivity index (χ1v) is 9.91. The molecule has 0 aromatic carbocycles. The zero-order valence-corrected chi connectivity index (χ0v) is 16.1. The number of hydrogen-bond donors (Lipinski definition) is 3. The van der Waals surface area contributed by atoms with E-state index in [1.165, 1.54) is 11.3 Å². The summed E-state index contributed by atoms with van der Waals surface area (Å²) in [5.41, 5.74) is 1.99. The number of amides is 1. The van der Waals surface area contributed by atoms with Crippen molar-refractivity contribution in [2.45, 2.75) is 31.0 Å². The van der Waals surface area contributed by atoms with Gasteiger partial charge in [-0.2, -0.15) is 0 Å². The minimum absolute atomic E-state index is 0.0134. The van der Waals surface area contributed by atoms with E-state index in [0.717, 1.165) is 10.3 Å². The number of carbonyl (C=O) groups is 1. The number of methoxy groups -OCH3 is 1. The highest BCUT2D eigenvalue weighted by Crippen LogP contribution is 2.26. The van der Waals surface area contributed by atoms with Crippen molar-refractivity contribution in [3.63, 3.8) is 0 Å². The summed E-state index contributed by atoms with van der Waals surface area (Å²) in [6.07, 6.45) is 4.29. The average molecular weight is 399 g/mol. The maximum Gasteiger partial charge on any atom is 0.271 e. The third-order valence-electron chi connectivity index (χ3n) is 4.69. The lowest BCUT2D eigenvalue weighted by Crippen LogP contribution is -2.47. The highest BCUT2D eigenvalue weighted by atomic mass is 32.1. The first-order valence-electron chi connectivity index (χ1n) is 9.03. The lowest BCUT2D eigenvalue weighted by atomic mass is 9.89. The van der Waals surface area contributed by atoms with Gasteiger partial charge >= 0.3 is 0 Å². The lowest BCUT2D eigenvalue weighted by molar-refractivity contribution is 0.0561. The van der Waals surface area contributed by atoms with E-state index in [1.54, 1.807) is 19.5 Å². The molecule has 3 aromatic heterocycles. The standard InChI is InChI=1S/C19H21N5O3S/c1-27-10-15(11-3-2-5-20-9-11)23-19-22-14-4-6-28-17(14)16(24-19)18(26)21-12-7-13(25)8-12/h2-6,9,12-13,15,25H,7-8,10H2,1H3,(H,21,26)(H,22,23,24)/t12-,13+,15?. The highest BCUT2D eigenvalue weighted by molar-refractivity contribution is 7.17. The predicted molar refractivity (Wildman–Crippen MR) is 106 cm³/mol. The van der Waals surface area contributed by atoms with Crippen LogP contribution in [0, 0.1) is 0 Å². The molecule has 28 heavy (non-hydrogen) atoms. The number of nitrogens with zero attached hydrogens (tertiary/aromatic N) is 3. The SMILES string of the molecule is COCC(Nc1nc(C(=O)N[C@H]2C[C@@H](O)C2)c2sccc2n1)c1cccnc1. The van der Waals surface area contributed by atoms with Crippen molar-refractivity contribution in [3.05, 3.63) is 47.2 Å². The third kappa shape index (κ3) is 3.96. The van der Waals surface area contributed by atoms with Gasteiger partial charge in [-0.15, -0.1) is 11.3 Å². The van der Waals surface area contributed by atoms with Crippen molar-refractivity contribution in [2.24, 2.45) is 0 Å². The van der Waals surface area contributed by atoms with Crippen LogP contribution in [0.25, 0.3) is 10.2 Å². The second-order valence-corrected chi connectivity index (χ2v) is 7.68. The predicted octanol–water partition coefficient (Wildman–Crippen LogP) is 2.14.